The molecule has 0 atom stereocenters. The van der Waals surface area contributed by atoms with Crippen LogP contribution in [0.1, 0.15) is 5.56 Å². The van der Waals surface area contributed by atoms with E-state index in [4.69, 9.17) is 4.74 Å². The molecule has 1 aliphatic heterocycles. The monoisotopic (exact) mass is 438 g/mol. The number of rotatable bonds is 2. The van der Waals surface area contributed by atoms with Crippen molar-refractivity contribution in [2.45, 2.75) is 0 Å². The van der Waals surface area contributed by atoms with Crippen molar-refractivity contribution >= 4 is 33.5 Å². The fourth-order valence-electron chi connectivity index (χ4n) is 4.43. The molecule has 0 N–H and O–H groups in total. The molecule has 0 saturated carbocycles. The summed E-state index contributed by atoms with van der Waals surface area (Å²) in [4.78, 5) is 30.9. The van der Waals surface area contributed by atoms with Crippen LogP contribution in [0.4, 0.5) is 10.5 Å². The minimum atomic E-state index is -0.176. The number of carbonyl (C=O) groups is 1. The molecule has 3 aromatic carbocycles. The molecule has 0 aliphatic carbocycles. The van der Waals surface area contributed by atoms with Crippen LogP contribution in [0.5, 0.6) is 5.75 Å². The van der Waals surface area contributed by atoms with Gasteiger partial charge in [0.25, 0.3) is 0 Å². The second-order valence-electron chi connectivity index (χ2n) is 7.98. The van der Waals surface area contributed by atoms with Crippen LogP contribution in [-0.4, -0.2) is 48.8 Å². The average molecular weight is 438 g/mol. The van der Waals surface area contributed by atoms with Crippen molar-refractivity contribution < 1.29 is 9.53 Å². The molecule has 0 unspecified atom stereocenters. The SMILES string of the molecule is COc1cccc(N2CCN(C(=O)n3c4ccccc4c(=O)c4cc(C#N)ccc43)CC2)c1. The molecule has 164 valence electrons. The molecule has 0 bridgehead atoms. The molecule has 1 aromatic heterocycles. The minimum absolute atomic E-state index is 0.175. The Labute approximate surface area is 190 Å². The number of ether oxygens (including phenoxy) is 1. The van der Waals surface area contributed by atoms with Crippen LogP contribution >= 0.6 is 0 Å². The van der Waals surface area contributed by atoms with Gasteiger partial charge in [0.15, 0.2) is 5.43 Å². The van der Waals surface area contributed by atoms with E-state index in [-0.39, 0.29) is 11.5 Å². The van der Waals surface area contributed by atoms with Crippen LogP contribution in [0.2, 0.25) is 0 Å². The van der Waals surface area contributed by atoms with Crippen LogP contribution in [0, 0.1) is 11.3 Å². The number of hydrogen-bond acceptors (Lipinski definition) is 5. The first-order valence-corrected chi connectivity index (χ1v) is 10.8. The van der Waals surface area contributed by atoms with Gasteiger partial charge in [0.05, 0.1) is 29.8 Å². The Balaban J connectivity index is 1.51. The molecular weight excluding hydrogens is 416 g/mol. The average Bonchev–Trinajstić information content (AvgIpc) is 2.88. The van der Waals surface area contributed by atoms with Gasteiger partial charge in [-0.3, -0.25) is 9.36 Å². The Hall–Kier alpha value is -4.31. The number of nitriles is 1. The van der Waals surface area contributed by atoms with E-state index in [1.165, 1.54) is 0 Å². The zero-order valence-electron chi connectivity index (χ0n) is 18.2. The summed E-state index contributed by atoms with van der Waals surface area (Å²) in [6.07, 6.45) is 0. The number of aromatic nitrogens is 1. The van der Waals surface area contributed by atoms with E-state index >= 15 is 0 Å². The van der Waals surface area contributed by atoms with Gasteiger partial charge >= 0.3 is 6.03 Å². The molecule has 1 saturated heterocycles. The minimum Gasteiger partial charge on any atom is -0.497 e. The first kappa shape index (κ1) is 20.6. The molecule has 7 heteroatoms. The predicted molar refractivity (Wildman–Crippen MR) is 128 cm³/mol. The second kappa shape index (κ2) is 8.32. The van der Waals surface area contributed by atoms with Crippen molar-refractivity contribution in [3.8, 4) is 11.8 Å². The van der Waals surface area contributed by atoms with Gasteiger partial charge < -0.3 is 14.5 Å². The standard InChI is InChI=1S/C26H22N4O3/c1-33-20-6-4-5-19(16-20)28-11-13-29(14-12-28)26(32)30-23-8-3-2-7-21(23)25(31)22-15-18(17-27)9-10-24(22)30/h2-10,15-16H,11-14H2,1H3. The smallest absolute Gasteiger partial charge is 0.329 e. The molecular formula is C26H22N4O3. The number of amides is 1. The summed E-state index contributed by atoms with van der Waals surface area (Å²) in [6, 6.07) is 21.8. The van der Waals surface area contributed by atoms with Gasteiger partial charge in [-0.05, 0) is 42.5 Å². The van der Waals surface area contributed by atoms with Crippen LogP contribution in [-0.2, 0) is 0 Å². The van der Waals surface area contributed by atoms with E-state index in [0.29, 0.717) is 53.5 Å². The van der Waals surface area contributed by atoms with E-state index in [1.807, 2.05) is 35.2 Å². The third-order valence-corrected chi connectivity index (χ3v) is 6.16. The summed E-state index contributed by atoms with van der Waals surface area (Å²) < 4.78 is 6.94. The van der Waals surface area contributed by atoms with Crippen molar-refractivity contribution in [1.82, 2.24) is 9.47 Å². The Morgan fingerprint density at radius 3 is 2.42 bits per heavy atom. The number of carbonyl (C=O) groups excluding carboxylic acids is 1. The van der Waals surface area contributed by atoms with Crippen LogP contribution in [0.15, 0.2) is 71.5 Å². The maximum atomic E-state index is 13.7. The first-order chi connectivity index (χ1) is 16.1. The van der Waals surface area contributed by atoms with Gasteiger partial charge in [-0.15, -0.1) is 0 Å². The number of nitrogens with zero attached hydrogens (tertiary/aromatic N) is 4. The number of anilines is 1. The number of pyridine rings is 1. The second-order valence-corrected chi connectivity index (χ2v) is 7.98. The molecule has 1 aliphatic rings. The first-order valence-electron chi connectivity index (χ1n) is 10.8. The summed E-state index contributed by atoms with van der Waals surface area (Å²) in [7, 11) is 1.65. The lowest BCUT2D eigenvalue weighted by Crippen LogP contribution is -2.50. The molecule has 5 rings (SSSR count). The number of hydrogen-bond donors (Lipinski definition) is 0. The van der Waals surface area contributed by atoms with Gasteiger partial charge in [0.1, 0.15) is 5.75 Å². The number of piperazine rings is 1. The molecule has 1 amide bonds. The summed E-state index contributed by atoms with van der Waals surface area (Å²) in [6.45, 7) is 2.48. The predicted octanol–water partition coefficient (Wildman–Crippen LogP) is 3.83. The maximum Gasteiger partial charge on any atom is 0.329 e. The highest BCUT2D eigenvalue weighted by Gasteiger charge is 2.25. The topological polar surface area (TPSA) is 78.6 Å². The zero-order valence-corrected chi connectivity index (χ0v) is 18.2. The van der Waals surface area contributed by atoms with E-state index in [9.17, 15) is 14.9 Å². The Morgan fingerprint density at radius 1 is 0.909 bits per heavy atom. The number of methoxy groups -OCH3 is 1. The largest absolute Gasteiger partial charge is 0.497 e. The Morgan fingerprint density at radius 2 is 1.67 bits per heavy atom. The zero-order chi connectivity index (χ0) is 22.9. The highest BCUT2D eigenvalue weighted by atomic mass is 16.5. The van der Waals surface area contributed by atoms with Gasteiger partial charge in [0, 0.05) is 48.7 Å². The summed E-state index contributed by atoms with van der Waals surface area (Å²) >= 11 is 0. The van der Waals surface area contributed by atoms with Crippen molar-refractivity contribution in [3.05, 3.63) is 82.5 Å². The van der Waals surface area contributed by atoms with Crippen molar-refractivity contribution in [2.24, 2.45) is 0 Å². The lowest BCUT2D eigenvalue weighted by molar-refractivity contribution is 0.198. The Bertz CT molecular complexity index is 1480. The van der Waals surface area contributed by atoms with Gasteiger partial charge in [-0.2, -0.15) is 5.26 Å². The van der Waals surface area contributed by atoms with Gasteiger partial charge in [0.2, 0.25) is 0 Å². The van der Waals surface area contributed by atoms with E-state index < -0.39 is 0 Å². The molecule has 0 spiro atoms. The van der Waals surface area contributed by atoms with Crippen molar-refractivity contribution in [1.29, 1.82) is 5.26 Å². The Kier molecular flexibility index (Phi) is 5.19. The van der Waals surface area contributed by atoms with Crippen molar-refractivity contribution in [3.63, 3.8) is 0 Å². The highest BCUT2D eigenvalue weighted by Crippen LogP contribution is 2.24. The molecule has 0 radical (unpaired) electrons. The fourth-order valence-corrected chi connectivity index (χ4v) is 4.43. The molecule has 2 heterocycles. The van der Waals surface area contributed by atoms with Crippen LogP contribution in [0.25, 0.3) is 21.8 Å². The lowest BCUT2D eigenvalue weighted by atomic mass is 10.1. The van der Waals surface area contributed by atoms with E-state index in [1.54, 1.807) is 48.1 Å². The van der Waals surface area contributed by atoms with E-state index in [2.05, 4.69) is 11.0 Å². The van der Waals surface area contributed by atoms with Gasteiger partial charge in [-0.25, -0.2) is 4.79 Å². The number of fused-ring (bicyclic) bond motifs is 2. The summed E-state index contributed by atoms with van der Waals surface area (Å²) in [5, 5.41) is 10.1. The quantitative estimate of drug-likeness (QED) is 0.445. The van der Waals surface area contributed by atoms with Crippen LogP contribution in [0.3, 0.4) is 0 Å². The normalized spacial score (nSPS) is 13.8. The van der Waals surface area contributed by atoms with Crippen molar-refractivity contribution in [2.75, 3.05) is 38.2 Å². The van der Waals surface area contributed by atoms with Crippen LogP contribution < -0.4 is 15.1 Å². The third-order valence-electron chi connectivity index (χ3n) is 6.16. The molecule has 4 aromatic rings. The summed E-state index contributed by atoms with van der Waals surface area (Å²) in [5.41, 5.74) is 2.35. The van der Waals surface area contributed by atoms with Gasteiger partial charge in [-0.1, -0.05) is 18.2 Å². The number of para-hydroxylation sites is 1. The molecule has 7 nitrogen and oxygen atoms in total. The summed E-state index contributed by atoms with van der Waals surface area (Å²) in [5.74, 6) is 0.800. The number of benzene rings is 3. The van der Waals surface area contributed by atoms with E-state index in [0.717, 1.165) is 11.4 Å². The fraction of sp³-hybridized carbons (Fsp3) is 0.192. The third kappa shape index (κ3) is 3.56. The molecule has 33 heavy (non-hydrogen) atoms. The molecule has 1 fully saturated rings. The highest BCUT2D eigenvalue weighted by molar-refractivity contribution is 6.02. The maximum absolute atomic E-state index is 13.7. The lowest BCUT2D eigenvalue weighted by Gasteiger charge is -2.36.